The third kappa shape index (κ3) is 2.99. The Hall–Kier alpha value is -1.60. The minimum absolute atomic E-state index is 0.487. The quantitative estimate of drug-likeness (QED) is 0.815. The average molecular weight is 266 g/mol. The highest BCUT2D eigenvalue weighted by atomic mass is 32.2. The molecule has 0 amide bonds. The molecule has 1 unspecified atom stereocenters. The van der Waals surface area contributed by atoms with Gasteiger partial charge in [-0.2, -0.15) is 0 Å². The number of hydrogen-bond acceptors (Lipinski definition) is 6. The molecule has 2 aromatic rings. The number of tetrazole rings is 1. The first-order valence-electron chi connectivity index (χ1n) is 5.38. The fourth-order valence-electron chi connectivity index (χ4n) is 1.44. The molecule has 6 nitrogen and oxygen atoms in total. The number of ether oxygens (including phenoxy) is 1. The first-order chi connectivity index (χ1) is 8.70. The van der Waals surface area contributed by atoms with Crippen LogP contribution in [-0.2, 0) is 7.05 Å². The molecule has 1 aromatic heterocycles. The third-order valence-corrected chi connectivity index (χ3v) is 3.52. The van der Waals surface area contributed by atoms with Crippen molar-refractivity contribution in [2.24, 2.45) is 7.05 Å². The molecule has 0 spiro atoms. The summed E-state index contributed by atoms with van der Waals surface area (Å²) in [6, 6.07) is 7.38. The Labute approximate surface area is 109 Å². The SMILES string of the molecule is COc1cccc(C(O)CSc2nnnn2C)c1. The number of thioether (sulfide) groups is 1. The highest BCUT2D eigenvalue weighted by Gasteiger charge is 2.11. The molecular formula is C11H14N4O2S. The van der Waals surface area contributed by atoms with E-state index in [9.17, 15) is 5.11 Å². The largest absolute Gasteiger partial charge is 0.497 e. The molecule has 18 heavy (non-hydrogen) atoms. The lowest BCUT2D eigenvalue weighted by Crippen LogP contribution is -2.02. The van der Waals surface area contributed by atoms with Gasteiger partial charge < -0.3 is 9.84 Å². The predicted octanol–water partition coefficient (Wildman–Crippen LogP) is 1.04. The maximum Gasteiger partial charge on any atom is 0.209 e. The summed E-state index contributed by atoms with van der Waals surface area (Å²) in [5.41, 5.74) is 0.817. The van der Waals surface area contributed by atoms with Crippen LogP contribution in [0.2, 0.25) is 0 Å². The van der Waals surface area contributed by atoms with Crippen LogP contribution in [0, 0.1) is 0 Å². The van der Waals surface area contributed by atoms with Gasteiger partial charge in [0.05, 0.1) is 13.2 Å². The van der Waals surface area contributed by atoms with Gasteiger partial charge in [-0.1, -0.05) is 23.9 Å². The summed E-state index contributed by atoms with van der Waals surface area (Å²) in [5.74, 6) is 1.22. The summed E-state index contributed by atoms with van der Waals surface area (Å²) in [4.78, 5) is 0. The van der Waals surface area contributed by atoms with Gasteiger partial charge in [-0.3, -0.25) is 0 Å². The predicted molar refractivity (Wildman–Crippen MR) is 67.5 cm³/mol. The summed E-state index contributed by atoms with van der Waals surface area (Å²) in [6.07, 6.45) is -0.582. The summed E-state index contributed by atoms with van der Waals surface area (Å²) in [6.45, 7) is 0. The number of nitrogens with zero attached hydrogens (tertiary/aromatic N) is 4. The topological polar surface area (TPSA) is 73.1 Å². The second-order valence-electron chi connectivity index (χ2n) is 3.69. The van der Waals surface area contributed by atoms with Crippen LogP contribution in [-0.4, -0.2) is 38.2 Å². The van der Waals surface area contributed by atoms with Crippen molar-refractivity contribution in [1.29, 1.82) is 0 Å². The Morgan fingerprint density at radius 2 is 2.33 bits per heavy atom. The van der Waals surface area contributed by atoms with Crippen LogP contribution in [0.15, 0.2) is 29.4 Å². The van der Waals surface area contributed by atoms with Crippen LogP contribution < -0.4 is 4.74 Å². The smallest absolute Gasteiger partial charge is 0.209 e. The molecule has 96 valence electrons. The Balaban J connectivity index is 1.99. The van der Waals surface area contributed by atoms with Crippen molar-refractivity contribution in [2.45, 2.75) is 11.3 Å². The number of rotatable bonds is 5. The fourth-order valence-corrected chi connectivity index (χ4v) is 2.26. The van der Waals surface area contributed by atoms with Crippen molar-refractivity contribution in [1.82, 2.24) is 20.2 Å². The maximum absolute atomic E-state index is 10.1. The van der Waals surface area contributed by atoms with E-state index in [1.165, 1.54) is 11.8 Å². The molecule has 0 aliphatic carbocycles. The lowest BCUT2D eigenvalue weighted by Gasteiger charge is -2.11. The highest BCUT2D eigenvalue weighted by Crippen LogP contribution is 2.24. The van der Waals surface area contributed by atoms with Crippen molar-refractivity contribution >= 4 is 11.8 Å². The second kappa shape index (κ2) is 5.83. The number of benzene rings is 1. The molecule has 1 atom stereocenters. The summed E-state index contributed by atoms with van der Waals surface area (Å²) < 4.78 is 6.69. The molecule has 1 heterocycles. The van der Waals surface area contributed by atoms with Gasteiger partial charge in [0.15, 0.2) is 0 Å². The van der Waals surface area contributed by atoms with Crippen LogP contribution >= 0.6 is 11.8 Å². The van der Waals surface area contributed by atoms with Crippen molar-refractivity contribution < 1.29 is 9.84 Å². The van der Waals surface area contributed by atoms with Crippen molar-refractivity contribution in [3.8, 4) is 5.75 Å². The number of aliphatic hydroxyl groups is 1. The molecule has 1 N–H and O–H groups in total. The van der Waals surface area contributed by atoms with Gasteiger partial charge in [0.1, 0.15) is 5.75 Å². The Bertz CT molecular complexity index is 517. The van der Waals surface area contributed by atoms with Crippen molar-refractivity contribution in [3.05, 3.63) is 29.8 Å². The lowest BCUT2D eigenvalue weighted by molar-refractivity contribution is 0.203. The number of aliphatic hydroxyl groups excluding tert-OH is 1. The lowest BCUT2D eigenvalue weighted by atomic mass is 10.1. The number of aryl methyl sites for hydroxylation is 1. The molecule has 0 saturated carbocycles. The van der Waals surface area contributed by atoms with Gasteiger partial charge in [-0.05, 0) is 28.1 Å². The monoisotopic (exact) mass is 266 g/mol. The summed E-state index contributed by atoms with van der Waals surface area (Å²) in [7, 11) is 3.37. The van der Waals surface area contributed by atoms with Gasteiger partial charge >= 0.3 is 0 Å². The number of methoxy groups -OCH3 is 1. The zero-order valence-corrected chi connectivity index (χ0v) is 11.0. The molecule has 7 heteroatoms. The maximum atomic E-state index is 10.1. The normalized spacial score (nSPS) is 12.4. The van der Waals surface area contributed by atoms with E-state index < -0.39 is 6.10 Å². The molecular weight excluding hydrogens is 252 g/mol. The first kappa shape index (κ1) is 12.8. The first-order valence-corrected chi connectivity index (χ1v) is 6.36. The van der Waals surface area contributed by atoms with E-state index in [0.29, 0.717) is 10.9 Å². The van der Waals surface area contributed by atoms with Gasteiger partial charge in [0.2, 0.25) is 5.16 Å². The molecule has 0 fully saturated rings. The van der Waals surface area contributed by atoms with E-state index in [1.54, 1.807) is 18.8 Å². The van der Waals surface area contributed by atoms with Crippen molar-refractivity contribution in [3.63, 3.8) is 0 Å². The van der Waals surface area contributed by atoms with E-state index >= 15 is 0 Å². The third-order valence-electron chi connectivity index (χ3n) is 2.43. The summed E-state index contributed by atoms with van der Waals surface area (Å²) >= 11 is 1.41. The molecule has 0 aliphatic rings. The molecule has 0 aliphatic heterocycles. The Kier molecular flexibility index (Phi) is 4.16. The molecule has 0 radical (unpaired) electrons. The van der Waals surface area contributed by atoms with Crippen LogP contribution in [0.3, 0.4) is 0 Å². The Morgan fingerprint density at radius 3 is 3.00 bits per heavy atom. The van der Waals surface area contributed by atoms with Gasteiger partial charge in [-0.25, -0.2) is 4.68 Å². The molecule has 2 rings (SSSR count). The van der Waals surface area contributed by atoms with E-state index in [-0.39, 0.29) is 0 Å². The van der Waals surface area contributed by atoms with Crippen LogP contribution in [0.1, 0.15) is 11.7 Å². The second-order valence-corrected chi connectivity index (χ2v) is 4.68. The fraction of sp³-hybridized carbons (Fsp3) is 0.364. The molecule has 0 saturated heterocycles. The zero-order valence-electron chi connectivity index (χ0n) is 10.1. The number of aromatic nitrogens is 4. The van der Waals surface area contributed by atoms with E-state index in [1.807, 2.05) is 24.3 Å². The Morgan fingerprint density at radius 1 is 1.50 bits per heavy atom. The minimum Gasteiger partial charge on any atom is -0.497 e. The van der Waals surface area contributed by atoms with E-state index in [2.05, 4.69) is 15.5 Å². The summed E-state index contributed by atoms with van der Waals surface area (Å²) in [5, 5.41) is 21.9. The van der Waals surface area contributed by atoms with Crippen LogP contribution in [0.25, 0.3) is 0 Å². The molecule has 1 aromatic carbocycles. The minimum atomic E-state index is -0.582. The standard InChI is InChI=1S/C11H14N4O2S/c1-15-11(12-13-14-15)18-7-10(16)8-4-3-5-9(6-8)17-2/h3-6,10,16H,7H2,1-2H3. The van der Waals surface area contributed by atoms with Crippen LogP contribution in [0.5, 0.6) is 5.75 Å². The van der Waals surface area contributed by atoms with Gasteiger partial charge in [-0.15, -0.1) is 5.10 Å². The molecule has 0 bridgehead atoms. The van der Waals surface area contributed by atoms with Crippen molar-refractivity contribution in [2.75, 3.05) is 12.9 Å². The van der Waals surface area contributed by atoms with Gasteiger partial charge in [0.25, 0.3) is 0 Å². The zero-order chi connectivity index (χ0) is 13.0. The number of hydrogen-bond donors (Lipinski definition) is 1. The van der Waals surface area contributed by atoms with Crippen LogP contribution in [0.4, 0.5) is 0 Å². The van der Waals surface area contributed by atoms with Gasteiger partial charge in [0, 0.05) is 12.8 Å². The highest BCUT2D eigenvalue weighted by molar-refractivity contribution is 7.99. The van der Waals surface area contributed by atoms with E-state index in [0.717, 1.165) is 11.3 Å². The van der Waals surface area contributed by atoms with E-state index in [4.69, 9.17) is 4.74 Å². The average Bonchev–Trinajstić information content (AvgIpc) is 2.81.